The molecule has 0 fully saturated rings. The fraction of sp³-hybridized carbons (Fsp3) is 0.364. The van der Waals surface area contributed by atoms with Crippen molar-refractivity contribution < 1.29 is 45.3 Å². The molecule has 0 unspecified atom stereocenters. The van der Waals surface area contributed by atoms with Gasteiger partial charge in [-0.2, -0.15) is 8.78 Å². The van der Waals surface area contributed by atoms with Gasteiger partial charge in [-0.15, -0.1) is 13.2 Å². The molecule has 4 nitrogen and oxygen atoms in total. The van der Waals surface area contributed by atoms with Gasteiger partial charge in [0, 0.05) is 0 Å². The number of benzene rings is 1. The summed E-state index contributed by atoms with van der Waals surface area (Å²) < 4.78 is 84.5. The summed E-state index contributed by atoms with van der Waals surface area (Å²) >= 11 is 0. The van der Waals surface area contributed by atoms with Crippen molar-refractivity contribution >= 4 is 5.97 Å². The van der Waals surface area contributed by atoms with E-state index in [1.54, 1.807) is 0 Å². The summed E-state index contributed by atoms with van der Waals surface area (Å²) in [6.07, 6.45) is -14.5. The largest absolute Gasteiger partial charge is 0.525 e. The second-order valence-corrected chi connectivity index (χ2v) is 3.56. The van der Waals surface area contributed by atoms with Crippen molar-refractivity contribution in [1.82, 2.24) is 0 Å². The lowest BCUT2D eigenvalue weighted by atomic mass is 10.2. The van der Waals surface area contributed by atoms with Crippen LogP contribution in [0.15, 0.2) is 24.3 Å². The summed E-state index contributed by atoms with van der Waals surface area (Å²) in [4.78, 5) is 11.1. The lowest BCUT2D eigenvalue weighted by molar-refractivity contribution is -0.411. The highest BCUT2D eigenvalue weighted by molar-refractivity contribution is 5.89. The average Bonchev–Trinajstić information content (AvgIpc) is 2.36. The number of carbonyl (C=O) groups is 1. The standard InChI is InChI=1S/C11H8F6O4/c1-19-8(18)6-2-4-7(5-3-6)20-10(13,14)9(12)21-11(15,16)17/h2-5,9H,1H3/t9-/m0/s1. The number of rotatable bonds is 5. The molecule has 0 aromatic heterocycles. The molecular formula is C11H8F6O4. The second-order valence-electron chi connectivity index (χ2n) is 3.56. The van der Waals surface area contributed by atoms with E-state index < -0.39 is 30.5 Å². The second kappa shape index (κ2) is 6.20. The van der Waals surface area contributed by atoms with Crippen LogP contribution in [0.25, 0.3) is 0 Å². The van der Waals surface area contributed by atoms with E-state index in [-0.39, 0.29) is 5.56 Å². The number of ether oxygens (including phenoxy) is 3. The molecule has 1 aromatic rings. The van der Waals surface area contributed by atoms with E-state index in [1.807, 2.05) is 0 Å². The van der Waals surface area contributed by atoms with Gasteiger partial charge in [0.2, 0.25) is 0 Å². The highest BCUT2D eigenvalue weighted by Gasteiger charge is 2.50. The van der Waals surface area contributed by atoms with Crippen molar-refractivity contribution in [2.45, 2.75) is 18.8 Å². The molecule has 0 aliphatic carbocycles. The molecule has 21 heavy (non-hydrogen) atoms. The Kier molecular flexibility index (Phi) is 5.05. The number of hydrogen-bond acceptors (Lipinski definition) is 4. The lowest BCUT2D eigenvalue weighted by Gasteiger charge is -2.22. The number of halogens is 6. The number of esters is 1. The van der Waals surface area contributed by atoms with Gasteiger partial charge >= 0.3 is 24.8 Å². The van der Waals surface area contributed by atoms with Gasteiger partial charge in [-0.1, -0.05) is 0 Å². The topological polar surface area (TPSA) is 44.8 Å². The maximum absolute atomic E-state index is 13.0. The number of methoxy groups -OCH3 is 1. The number of hydrogen-bond donors (Lipinski definition) is 0. The van der Waals surface area contributed by atoms with Crippen molar-refractivity contribution in [3.05, 3.63) is 29.8 Å². The zero-order valence-corrected chi connectivity index (χ0v) is 10.3. The summed E-state index contributed by atoms with van der Waals surface area (Å²) in [7, 11) is 1.09. The fourth-order valence-corrected chi connectivity index (χ4v) is 1.17. The minimum absolute atomic E-state index is 0.0171. The van der Waals surface area contributed by atoms with E-state index in [0.29, 0.717) is 0 Å². The lowest BCUT2D eigenvalue weighted by Crippen LogP contribution is -2.41. The summed E-state index contributed by atoms with van der Waals surface area (Å²) in [5, 5.41) is 0. The van der Waals surface area contributed by atoms with Crippen LogP contribution in [0.2, 0.25) is 0 Å². The Hall–Kier alpha value is -1.97. The van der Waals surface area contributed by atoms with E-state index in [1.165, 1.54) is 0 Å². The van der Waals surface area contributed by atoms with Crippen LogP contribution in [-0.4, -0.2) is 31.9 Å². The molecule has 10 heteroatoms. The zero-order chi connectivity index (χ0) is 16.3. The van der Waals surface area contributed by atoms with Crippen LogP contribution in [0.4, 0.5) is 26.3 Å². The fourth-order valence-electron chi connectivity index (χ4n) is 1.17. The van der Waals surface area contributed by atoms with E-state index in [9.17, 15) is 31.1 Å². The average molecular weight is 318 g/mol. The van der Waals surface area contributed by atoms with Gasteiger partial charge in [0.05, 0.1) is 12.7 Å². The Morgan fingerprint density at radius 2 is 1.62 bits per heavy atom. The van der Waals surface area contributed by atoms with Gasteiger partial charge in [-0.3, -0.25) is 0 Å². The quantitative estimate of drug-likeness (QED) is 0.617. The monoisotopic (exact) mass is 318 g/mol. The van der Waals surface area contributed by atoms with E-state index in [0.717, 1.165) is 31.4 Å². The minimum atomic E-state index is -5.58. The molecule has 118 valence electrons. The Balaban J connectivity index is 2.77. The van der Waals surface area contributed by atoms with Crippen LogP contribution in [-0.2, 0) is 9.47 Å². The summed E-state index contributed by atoms with van der Waals surface area (Å²) in [6.45, 7) is 0. The third-order valence-electron chi connectivity index (χ3n) is 2.03. The first-order chi connectivity index (χ1) is 9.55. The summed E-state index contributed by atoms with van der Waals surface area (Å²) in [5.41, 5.74) is -0.0171. The van der Waals surface area contributed by atoms with Crippen molar-refractivity contribution in [1.29, 1.82) is 0 Å². The molecule has 1 aromatic carbocycles. The van der Waals surface area contributed by atoms with Crippen LogP contribution in [0, 0.1) is 0 Å². The number of carbonyl (C=O) groups excluding carboxylic acids is 1. The molecule has 0 aliphatic heterocycles. The molecule has 0 saturated carbocycles. The van der Waals surface area contributed by atoms with E-state index in [2.05, 4.69) is 14.2 Å². The molecule has 0 saturated heterocycles. The van der Waals surface area contributed by atoms with Gasteiger partial charge < -0.3 is 9.47 Å². The van der Waals surface area contributed by atoms with E-state index in [4.69, 9.17) is 0 Å². The molecule has 1 atom stereocenters. The molecule has 0 radical (unpaired) electrons. The molecule has 1 rings (SSSR count). The first kappa shape index (κ1) is 17.1. The Labute approximate surface area is 114 Å². The summed E-state index contributed by atoms with van der Waals surface area (Å²) in [5.74, 6) is -1.43. The first-order valence-corrected chi connectivity index (χ1v) is 5.19. The normalized spacial score (nSPS) is 13.7. The van der Waals surface area contributed by atoms with Crippen LogP contribution in [0.5, 0.6) is 5.75 Å². The van der Waals surface area contributed by atoms with Crippen molar-refractivity contribution in [2.24, 2.45) is 0 Å². The zero-order valence-electron chi connectivity index (χ0n) is 10.3. The maximum Gasteiger partial charge on any atom is 0.525 e. The Bertz CT molecular complexity index is 484. The van der Waals surface area contributed by atoms with E-state index >= 15 is 0 Å². The van der Waals surface area contributed by atoms with Crippen molar-refractivity contribution in [3.63, 3.8) is 0 Å². The van der Waals surface area contributed by atoms with Crippen LogP contribution in [0.3, 0.4) is 0 Å². The van der Waals surface area contributed by atoms with Crippen molar-refractivity contribution in [3.8, 4) is 5.75 Å². The maximum atomic E-state index is 13.0. The number of alkyl halides is 6. The molecule has 0 bridgehead atoms. The van der Waals surface area contributed by atoms with Crippen LogP contribution in [0.1, 0.15) is 10.4 Å². The molecule has 0 amide bonds. The van der Waals surface area contributed by atoms with Gasteiger partial charge in [0.15, 0.2) is 0 Å². The highest BCUT2D eigenvalue weighted by Crippen LogP contribution is 2.31. The van der Waals surface area contributed by atoms with Crippen molar-refractivity contribution in [2.75, 3.05) is 7.11 Å². The summed E-state index contributed by atoms with van der Waals surface area (Å²) in [6, 6.07) is 3.69. The van der Waals surface area contributed by atoms with Crippen LogP contribution >= 0.6 is 0 Å². The first-order valence-electron chi connectivity index (χ1n) is 5.19. The predicted molar refractivity (Wildman–Crippen MR) is 55.4 cm³/mol. The molecular weight excluding hydrogens is 310 g/mol. The highest BCUT2D eigenvalue weighted by atomic mass is 19.4. The third kappa shape index (κ3) is 5.14. The molecule has 0 spiro atoms. The van der Waals surface area contributed by atoms with Crippen LogP contribution < -0.4 is 4.74 Å². The molecule has 0 aliphatic rings. The van der Waals surface area contributed by atoms with Gasteiger partial charge in [-0.25, -0.2) is 13.9 Å². The third-order valence-corrected chi connectivity index (χ3v) is 2.03. The Morgan fingerprint density at radius 3 is 2.05 bits per heavy atom. The smallest absolute Gasteiger partial charge is 0.465 e. The molecule has 0 heterocycles. The van der Waals surface area contributed by atoms with Gasteiger partial charge in [-0.05, 0) is 24.3 Å². The molecule has 0 N–H and O–H groups in total. The SMILES string of the molecule is COC(=O)c1ccc(OC(F)(F)[C@@H](F)OC(F)(F)F)cc1. The van der Waals surface area contributed by atoms with Gasteiger partial charge in [0.1, 0.15) is 5.75 Å². The van der Waals surface area contributed by atoms with Gasteiger partial charge in [0.25, 0.3) is 0 Å². The Morgan fingerprint density at radius 1 is 1.10 bits per heavy atom. The minimum Gasteiger partial charge on any atom is -0.465 e. The predicted octanol–water partition coefficient (Wildman–Crippen LogP) is 3.28.